The summed E-state index contributed by atoms with van der Waals surface area (Å²) in [6, 6.07) is 16.3. The molecule has 3 rings (SSSR count). The van der Waals surface area contributed by atoms with Crippen LogP contribution in [0.1, 0.15) is 21.5 Å². The fourth-order valence-corrected chi connectivity index (χ4v) is 4.68. The number of thiophene rings is 1. The summed E-state index contributed by atoms with van der Waals surface area (Å²) in [7, 11) is -3.58. The first-order valence-electron chi connectivity index (χ1n) is 7.54. The number of carbonyl (C=O) groups is 1. The van der Waals surface area contributed by atoms with E-state index in [0.717, 1.165) is 10.3 Å². The highest BCUT2D eigenvalue weighted by molar-refractivity contribution is 7.89. The Morgan fingerprint density at radius 3 is 2.54 bits per heavy atom. The van der Waals surface area contributed by atoms with Gasteiger partial charge in [0.2, 0.25) is 10.0 Å². The molecule has 1 heterocycles. The van der Waals surface area contributed by atoms with E-state index in [1.807, 2.05) is 36.4 Å². The first-order valence-corrected chi connectivity index (χ1v) is 9.84. The molecule has 1 aromatic heterocycles. The molecule has 3 aromatic rings. The summed E-state index contributed by atoms with van der Waals surface area (Å²) in [5, 5.41) is 1.60. The zero-order chi connectivity index (χ0) is 17.2. The Morgan fingerprint density at radius 1 is 1.04 bits per heavy atom. The van der Waals surface area contributed by atoms with Crippen LogP contribution in [-0.4, -0.2) is 20.7 Å². The van der Waals surface area contributed by atoms with Gasteiger partial charge in [0.05, 0.1) is 9.77 Å². The number of rotatable bonds is 6. The summed E-state index contributed by atoms with van der Waals surface area (Å²) in [5.41, 5.74) is 0. The van der Waals surface area contributed by atoms with Gasteiger partial charge in [-0.3, -0.25) is 4.79 Å². The van der Waals surface area contributed by atoms with E-state index < -0.39 is 10.0 Å². The van der Waals surface area contributed by atoms with Crippen molar-refractivity contribution in [3.63, 3.8) is 0 Å². The van der Waals surface area contributed by atoms with E-state index in [9.17, 15) is 13.2 Å². The fraction of sp³-hybridized carbons (Fsp3) is 0.167. The standard InChI is InChI=1S/C18H17NO3S2/c1-13(20)17-10-9-15(23-17)11-12-19-24(21,22)18-8-4-6-14-5-2-3-7-16(14)18/h2-10,19H,11-12H2,1H3. The van der Waals surface area contributed by atoms with Crippen LogP contribution in [-0.2, 0) is 16.4 Å². The molecular formula is C18H17NO3S2. The molecule has 124 valence electrons. The molecule has 0 atom stereocenters. The Hall–Kier alpha value is -2.02. The fourth-order valence-electron chi connectivity index (χ4n) is 2.52. The number of carbonyl (C=O) groups excluding carboxylic acids is 1. The lowest BCUT2D eigenvalue weighted by Crippen LogP contribution is -2.26. The van der Waals surface area contributed by atoms with E-state index in [2.05, 4.69) is 4.72 Å². The van der Waals surface area contributed by atoms with Crippen LogP contribution in [0.2, 0.25) is 0 Å². The number of sulfonamides is 1. The molecule has 1 N–H and O–H groups in total. The van der Waals surface area contributed by atoms with Crippen molar-refractivity contribution in [3.05, 3.63) is 64.4 Å². The molecule has 0 radical (unpaired) electrons. The SMILES string of the molecule is CC(=O)c1ccc(CCNS(=O)(=O)c2cccc3ccccc23)s1. The van der Waals surface area contributed by atoms with Gasteiger partial charge in [-0.2, -0.15) is 0 Å². The Labute approximate surface area is 145 Å². The zero-order valence-electron chi connectivity index (χ0n) is 13.2. The zero-order valence-corrected chi connectivity index (χ0v) is 14.8. The van der Waals surface area contributed by atoms with Crippen molar-refractivity contribution in [2.75, 3.05) is 6.54 Å². The lowest BCUT2D eigenvalue weighted by atomic mass is 10.1. The third-order valence-corrected chi connectivity index (χ3v) is 6.48. The topological polar surface area (TPSA) is 63.2 Å². The maximum atomic E-state index is 12.6. The van der Waals surface area contributed by atoms with Gasteiger partial charge in [0, 0.05) is 16.8 Å². The van der Waals surface area contributed by atoms with Gasteiger partial charge in [0.15, 0.2) is 5.78 Å². The number of Topliss-reactive ketones (excluding diaryl/α,β-unsaturated/α-hetero) is 1. The monoisotopic (exact) mass is 359 g/mol. The Bertz CT molecular complexity index is 985. The molecule has 0 aliphatic heterocycles. The van der Waals surface area contributed by atoms with Crippen LogP contribution in [0.5, 0.6) is 0 Å². The van der Waals surface area contributed by atoms with Crippen LogP contribution in [0.4, 0.5) is 0 Å². The number of nitrogens with one attached hydrogen (secondary N) is 1. The molecule has 0 unspecified atom stereocenters. The van der Waals surface area contributed by atoms with Gasteiger partial charge in [-0.1, -0.05) is 36.4 Å². The van der Waals surface area contributed by atoms with Gasteiger partial charge in [0.25, 0.3) is 0 Å². The van der Waals surface area contributed by atoms with Gasteiger partial charge < -0.3 is 0 Å². The number of benzene rings is 2. The van der Waals surface area contributed by atoms with E-state index in [0.29, 0.717) is 23.2 Å². The lowest BCUT2D eigenvalue weighted by Gasteiger charge is -2.09. The predicted octanol–water partition coefficient (Wildman–Crippen LogP) is 3.62. The highest BCUT2D eigenvalue weighted by atomic mass is 32.2. The lowest BCUT2D eigenvalue weighted by molar-refractivity contribution is 0.102. The molecule has 0 aliphatic rings. The minimum absolute atomic E-state index is 0.0302. The van der Waals surface area contributed by atoms with Crippen LogP contribution in [0.15, 0.2) is 59.5 Å². The summed E-state index contributed by atoms with van der Waals surface area (Å²) < 4.78 is 27.8. The Morgan fingerprint density at radius 2 is 1.79 bits per heavy atom. The first kappa shape index (κ1) is 16.8. The van der Waals surface area contributed by atoms with Crippen LogP contribution < -0.4 is 4.72 Å². The average molecular weight is 359 g/mol. The third kappa shape index (κ3) is 3.56. The summed E-state index contributed by atoms with van der Waals surface area (Å²) in [6.07, 6.45) is 0.557. The maximum absolute atomic E-state index is 12.6. The van der Waals surface area contributed by atoms with E-state index in [-0.39, 0.29) is 10.7 Å². The normalized spacial score (nSPS) is 11.7. The van der Waals surface area contributed by atoms with Crippen molar-refractivity contribution >= 4 is 37.9 Å². The van der Waals surface area contributed by atoms with Crippen molar-refractivity contribution in [1.82, 2.24) is 4.72 Å². The minimum Gasteiger partial charge on any atom is -0.294 e. The van der Waals surface area contributed by atoms with Gasteiger partial charge in [-0.05, 0) is 36.9 Å². The molecule has 0 spiro atoms. The molecule has 24 heavy (non-hydrogen) atoms. The van der Waals surface area contributed by atoms with E-state index in [1.165, 1.54) is 18.3 Å². The molecule has 4 nitrogen and oxygen atoms in total. The second-order valence-corrected chi connectivity index (χ2v) is 8.35. The van der Waals surface area contributed by atoms with Crippen LogP contribution >= 0.6 is 11.3 Å². The highest BCUT2D eigenvalue weighted by Crippen LogP contribution is 2.23. The van der Waals surface area contributed by atoms with Gasteiger partial charge in [-0.15, -0.1) is 11.3 Å². The number of fused-ring (bicyclic) bond motifs is 1. The summed E-state index contributed by atoms with van der Waals surface area (Å²) in [4.78, 5) is 13.3. The molecule has 0 saturated heterocycles. The van der Waals surface area contributed by atoms with Gasteiger partial charge in [-0.25, -0.2) is 13.1 Å². The largest absolute Gasteiger partial charge is 0.294 e. The minimum atomic E-state index is -3.58. The van der Waals surface area contributed by atoms with E-state index in [1.54, 1.807) is 18.2 Å². The van der Waals surface area contributed by atoms with Crippen molar-refractivity contribution in [1.29, 1.82) is 0 Å². The first-order chi connectivity index (χ1) is 11.5. The second-order valence-electron chi connectivity index (χ2n) is 5.45. The van der Waals surface area contributed by atoms with Gasteiger partial charge in [0.1, 0.15) is 0 Å². The molecule has 0 aliphatic carbocycles. The van der Waals surface area contributed by atoms with Crippen molar-refractivity contribution in [3.8, 4) is 0 Å². The average Bonchev–Trinajstić information content (AvgIpc) is 3.03. The second kappa shape index (κ2) is 6.84. The summed E-state index contributed by atoms with van der Waals surface area (Å²) in [6.45, 7) is 1.82. The smallest absolute Gasteiger partial charge is 0.241 e. The maximum Gasteiger partial charge on any atom is 0.241 e. The Kier molecular flexibility index (Phi) is 4.80. The molecule has 0 saturated carbocycles. The highest BCUT2D eigenvalue weighted by Gasteiger charge is 2.16. The summed E-state index contributed by atoms with van der Waals surface area (Å²) >= 11 is 1.41. The van der Waals surface area contributed by atoms with Gasteiger partial charge >= 0.3 is 0 Å². The van der Waals surface area contributed by atoms with Crippen molar-refractivity contribution in [2.45, 2.75) is 18.2 Å². The van der Waals surface area contributed by atoms with E-state index >= 15 is 0 Å². The van der Waals surface area contributed by atoms with E-state index in [4.69, 9.17) is 0 Å². The van der Waals surface area contributed by atoms with Crippen LogP contribution in [0.25, 0.3) is 10.8 Å². The third-order valence-electron chi connectivity index (χ3n) is 3.71. The number of ketones is 1. The quantitative estimate of drug-likeness (QED) is 0.684. The van der Waals surface area contributed by atoms with Crippen molar-refractivity contribution in [2.24, 2.45) is 0 Å². The van der Waals surface area contributed by atoms with Crippen LogP contribution in [0.3, 0.4) is 0 Å². The summed E-state index contributed by atoms with van der Waals surface area (Å²) in [5.74, 6) is 0.0302. The molecule has 0 fully saturated rings. The number of hydrogen-bond acceptors (Lipinski definition) is 4. The molecular weight excluding hydrogens is 342 g/mol. The van der Waals surface area contributed by atoms with Crippen molar-refractivity contribution < 1.29 is 13.2 Å². The van der Waals surface area contributed by atoms with Crippen LogP contribution in [0, 0.1) is 0 Å². The molecule has 2 aromatic carbocycles. The predicted molar refractivity (Wildman–Crippen MR) is 97.2 cm³/mol. The number of hydrogen-bond donors (Lipinski definition) is 1. The molecule has 0 amide bonds. The Balaban J connectivity index is 1.74. The molecule has 6 heteroatoms. The molecule has 0 bridgehead atoms.